The van der Waals surface area contributed by atoms with Crippen molar-refractivity contribution < 1.29 is 0 Å². The molecule has 0 fully saturated rings. The molecule has 3 rings (SSSR count). The van der Waals surface area contributed by atoms with Crippen LogP contribution in [0.25, 0.3) is 22.3 Å². The van der Waals surface area contributed by atoms with Gasteiger partial charge in [-0.1, -0.05) is 0 Å². The van der Waals surface area contributed by atoms with Crippen LogP contribution in [-0.4, -0.2) is 0 Å². The van der Waals surface area contributed by atoms with Gasteiger partial charge >= 0.3 is 0 Å². The van der Waals surface area contributed by atoms with E-state index in [1.165, 1.54) is 100 Å². The maximum Gasteiger partial charge on any atom is -0.0114 e. The van der Waals surface area contributed by atoms with Crippen molar-refractivity contribution in [1.29, 1.82) is 0 Å². The third-order valence-electron chi connectivity index (χ3n) is 9.12. The van der Waals surface area contributed by atoms with Gasteiger partial charge in [-0.15, -0.1) is 0 Å². The van der Waals surface area contributed by atoms with E-state index in [4.69, 9.17) is 0 Å². The van der Waals surface area contributed by atoms with Gasteiger partial charge in [-0.2, -0.15) is 0 Å². The van der Waals surface area contributed by atoms with Gasteiger partial charge in [-0.25, -0.2) is 0 Å². The molecule has 0 nitrogen and oxygen atoms in total. The molecule has 0 aliphatic rings. The molecule has 0 unspecified atom stereocenters. The Morgan fingerprint density at radius 2 is 0.250 bits per heavy atom. The van der Waals surface area contributed by atoms with Crippen molar-refractivity contribution in [2.24, 2.45) is 0 Å². The van der Waals surface area contributed by atoms with Crippen molar-refractivity contribution in [3.8, 4) is 22.3 Å². The van der Waals surface area contributed by atoms with Crippen molar-refractivity contribution in [1.82, 2.24) is 0 Å². The zero-order valence-electron chi connectivity index (χ0n) is 23.0. The molecule has 32 heavy (non-hydrogen) atoms. The van der Waals surface area contributed by atoms with Gasteiger partial charge in [0.1, 0.15) is 0 Å². The summed E-state index contributed by atoms with van der Waals surface area (Å²) in [4.78, 5) is 0. The van der Waals surface area contributed by atoms with Crippen LogP contribution in [-0.2, 0) is 0 Å². The molecule has 0 heteroatoms. The number of benzene rings is 3. The quantitative estimate of drug-likeness (QED) is 0.383. The monoisotopic (exact) mass is 426 g/mol. The molecule has 3 aromatic rings. The van der Waals surface area contributed by atoms with Crippen molar-refractivity contribution in [2.75, 3.05) is 0 Å². The molecule has 170 valence electrons. The van der Waals surface area contributed by atoms with E-state index in [9.17, 15) is 0 Å². The first kappa shape index (κ1) is 24.3. The van der Waals surface area contributed by atoms with E-state index in [1.807, 2.05) is 0 Å². The molecule has 0 aliphatic carbocycles. The molecule has 0 atom stereocenters. The molecule has 0 N–H and O–H groups in total. The average molecular weight is 427 g/mol. The molecule has 0 spiro atoms. The molecule has 3 aromatic carbocycles. The lowest BCUT2D eigenvalue weighted by Gasteiger charge is -2.28. The smallest absolute Gasteiger partial charge is 0.0114 e. The molecular weight excluding hydrogens is 384 g/mol. The molecule has 0 saturated carbocycles. The molecular formula is C32H42. The van der Waals surface area contributed by atoms with Gasteiger partial charge in [0.25, 0.3) is 0 Å². The van der Waals surface area contributed by atoms with Crippen molar-refractivity contribution >= 4 is 0 Å². The first-order chi connectivity index (χ1) is 14.7. The Hall–Kier alpha value is -2.34. The zero-order chi connectivity index (χ0) is 24.4. The summed E-state index contributed by atoms with van der Waals surface area (Å²) in [6, 6.07) is 0. The zero-order valence-corrected chi connectivity index (χ0v) is 23.0. The first-order valence-electron chi connectivity index (χ1n) is 12.0. The van der Waals surface area contributed by atoms with E-state index >= 15 is 0 Å². The molecule has 0 aromatic heterocycles. The Kier molecular flexibility index (Phi) is 6.24. The Bertz CT molecular complexity index is 1090. The van der Waals surface area contributed by atoms with E-state index in [0.29, 0.717) is 0 Å². The highest BCUT2D eigenvalue weighted by Crippen LogP contribution is 2.45. The second-order valence-electron chi connectivity index (χ2n) is 10.2. The molecule has 0 amide bonds. The molecule has 0 saturated heterocycles. The van der Waals surface area contributed by atoms with E-state index in [0.717, 1.165) is 0 Å². The Balaban J connectivity index is 2.50. The fourth-order valence-corrected chi connectivity index (χ4v) is 5.81. The van der Waals surface area contributed by atoms with Crippen molar-refractivity contribution in [3.05, 3.63) is 77.9 Å². The molecule has 0 bridgehead atoms. The summed E-state index contributed by atoms with van der Waals surface area (Å²) < 4.78 is 0. The van der Waals surface area contributed by atoms with Crippen LogP contribution in [0.2, 0.25) is 0 Å². The topological polar surface area (TPSA) is 0 Å². The summed E-state index contributed by atoms with van der Waals surface area (Å²) >= 11 is 0. The lowest BCUT2D eigenvalue weighted by molar-refractivity contribution is 1.15. The Morgan fingerprint density at radius 1 is 0.156 bits per heavy atom. The summed E-state index contributed by atoms with van der Waals surface area (Å²) in [5.74, 6) is 0. The minimum atomic E-state index is 1.42. The van der Waals surface area contributed by atoms with Crippen LogP contribution in [0.5, 0.6) is 0 Å². The fraction of sp³-hybridized carbons (Fsp3) is 0.438. The van der Waals surface area contributed by atoms with Crippen LogP contribution in [0, 0.1) is 96.9 Å². The van der Waals surface area contributed by atoms with E-state index in [-0.39, 0.29) is 0 Å². The summed E-state index contributed by atoms with van der Waals surface area (Å²) in [7, 11) is 0. The van der Waals surface area contributed by atoms with Gasteiger partial charge in [0.2, 0.25) is 0 Å². The second kappa shape index (κ2) is 8.22. The fourth-order valence-electron chi connectivity index (χ4n) is 5.81. The highest BCUT2D eigenvalue weighted by Gasteiger charge is 2.24. The van der Waals surface area contributed by atoms with Crippen molar-refractivity contribution in [2.45, 2.75) is 96.9 Å². The summed E-state index contributed by atoms with van der Waals surface area (Å²) in [5.41, 5.74) is 25.8. The first-order valence-corrected chi connectivity index (χ1v) is 12.0. The van der Waals surface area contributed by atoms with Gasteiger partial charge in [0, 0.05) is 0 Å². The standard InChI is InChI=1S/C32H42/c1-15-17(3)21(7)29(22(8)18(15)4)31-25(11)27(13)32(28(14)26(31)12)30-23(9)19(5)16(2)20(6)24(30)10/h1-14H3. The maximum atomic E-state index is 2.34. The summed E-state index contributed by atoms with van der Waals surface area (Å²) in [6.45, 7) is 32.2. The summed E-state index contributed by atoms with van der Waals surface area (Å²) in [5, 5.41) is 0. The predicted octanol–water partition coefficient (Wildman–Crippen LogP) is 9.34. The van der Waals surface area contributed by atoms with Gasteiger partial charge < -0.3 is 0 Å². The highest BCUT2D eigenvalue weighted by atomic mass is 14.3. The highest BCUT2D eigenvalue weighted by molar-refractivity contribution is 5.88. The second-order valence-corrected chi connectivity index (χ2v) is 10.2. The minimum absolute atomic E-state index is 1.42. The summed E-state index contributed by atoms with van der Waals surface area (Å²) in [6.07, 6.45) is 0. The van der Waals surface area contributed by atoms with Crippen LogP contribution < -0.4 is 0 Å². The number of hydrogen-bond acceptors (Lipinski definition) is 0. The third kappa shape index (κ3) is 3.26. The predicted molar refractivity (Wildman–Crippen MR) is 144 cm³/mol. The third-order valence-corrected chi connectivity index (χ3v) is 9.12. The maximum absolute atomic E-state index is 2.34. The Labute approximate surface area is 197 Å². The largest absolute Gasteiger partial charge is 0.0447 e. The molecule has 0 aliphatic heterocycles. The van der Waals surface area contributed by atoms with E-state index in [2.05, 4.69) is 96.9 Å². The average Bonchev–Trinajstić information content (AvgIpc) is 2.76. The normalized spacial score (nSPS) is 11.4. The van der Waals surface area contributed by atoms with E-state index < -0.39 is 0 Å². The lowest BCUT2D eigenvalue weighted by Crippen LogP contribution is -2.07. The Morgan fingerprint density at radius 3 is 0.406 bits per heavy atom. The van der Waals surface area contributed by atoms with Gasteiger partial charge in [-0.05, 0) is 197 Å². The van der Waals surface area contributed by atoms with Crippen molar-refractivity contribution in [3.63, 3.8) is 0 Å². The van der Waals surface area contributed by atoms with Gasteiger partial charge in [-0.3, -0.25) is 0 Å². The minimum Gasteiger partial charge on any atom is -0.0447 e. The molecule has 0 heterocycles. The van der Waals surface area contributed by atoms with Gasteiger partial charge in [0.05, 0.1) is 0 Å². The SMILES string of the molecule is Cc1c(C)c(C)c(-c2c(C)c(C)c(-c3c(C)c(C)c(C)c(C)c3C)c(C)c2C)c(C)c1C. The van der Waals surface area contributed by atoms with Crippen LogP contribution in [0.4, 0.5) is 0 Å². The van der Waals surface area contributed by atoms with Crippen LogP contribution in [0.3, 0.4) is 0 Å². The van der Waals surface area contributed by atoms with Crippen LogP contribution in [0.15, 0.2) is 0 Å². The molecule has 0 radical (unpaired) electrons. The lowest BCUT2D eigenvalue weighted by atomic mass is 9.76. The van der Waals surface area contributed by atoms with Crippen LogP contribution >= 0.6 is 0 Å². The van der Waals surface area contributed by atoms with Crippen LogP contribution in [0.1, 0.15) is 77.9 Å². The number of rotatable bonds is 2. The number of hydrogen-bond donors (Lipinski definition) is 0. The van der Waals surface area contributed by atoms with Gasteiger partial charge in [0.15, 0.2) is 0 Å². The van der Waals surface area contributed by atoms with E-state index in [1.54, 1.807) is 0 Å².